The van der Waals surface area contributed by atoms with Gasteiger partial charge in [-0.3, -0.25) is 4.79 Å². The summed E-state index contributed by atoms with van der Waals surface area (Å²) in [6.45, 7) is 1.40. The molecule has 0 aliphatic rings. The van der Waals surface area contributed by atoms with Gasteiger partial charge in [-0.2, -0.15) is 0 Å². The molecule has 1 atom stereocenters. The van der Waals surface area contributed by atoms with Crippen molar-refractivity contribution in [2.24, 2.45) is 0 Å². The lowest BCUT2D eigenvalue weighted by Gasteiger charge is -2.10. The van der Waals surface area contributed by atoms with Crippen molar-refractivity contribution in [1.29, 1.82) is 0 Å². The number of rotatable bonds is 3. The smallest absolute Gasteiger partial charge is 0.325 e. The van der Waals surface area contributed by atoms with Gasteiger partial charge in [0, 0.05) is 9.26 Å². The lowest BCUT2D eigenvalue weighted by molar-refractivity contribution is -0.138. The van der Waals surface area contributed by atoms with E-state index >= 15 is 0 Å². The quantitative estimate of drug-likeness (QED) is 0.739. The van der Waals surface area contributed by atoms with Gasteiger partial charge in [0.15, 0.2) is 0 Å². The summed E-state index contributed by atoms with van der Waals surface area (Å²) >= 11 is 2.12. The SMILES string of the molecule is C[C@H](NC(=O)Nc1cccc(I)c1)C(=O)O. The van der Waals surface area contributed by atoms with Crippen LogP contribution in [0.25, 0.3) is 0 Å². The molecule has 0 bridgehead atoms. The van der Waals surface area contributed by atoms with Gasteiger partial charge in [0.1, 0.15) is 6.04 Å². The molecule has 0 heterocycles. The van der Waals surface area contributed by atoms with Crippen LogP contribution in [-0.4, -0.2) is 23.1 Å². The topological polar surface area (TPSA) is 78.4 Å². The minimum Gasteiger partial charge on any atom is -0.480 e. The fraction of sp³-hybridized carbons (Fsp3) is 0.200. The van der Waals surface area contributed by atoms with Gasteiger partial charge in [0.2, 0.25) is 0 Å². The summed E-state index contributed by atoms with van der Waals surface area (Å²) in [4.78, 5) is 21.8. The van der Waals surface area contributed by atoms with Crippen molar-refractivity contribution in [3.05, 3.63) is 27.8 Å². The molecule has 0 spiro atoms. The van der Waals surface area contributed by atoms with Gasteiger partial charge in [-0.25, -0.2) is 4.79 Å². The maximum absolute atomic E-state index is 11.4. The molecule has 16 heavy (non-hydrogen) atoms. The van der Waals surface area contributed by atoms with Gasteiger partial charge >= 0.3 is 12.0 Å². The maximum atomic E-state index is 11.4. The average Bonchev–Trinajstić information content (AvgIpc) is 2.16. The van der Waals surface area contributed by atoms with Crippen molar-refractivity contribution in [2.75, 3.05) is 5.32 Å². The second kappa shape index (κ2) is 5.69. The van der Waals surface area contributed by atoms with Crippen molar-refractivity contribution >= 4 is 40.3 Å². The number of aliphatic carboxylic acids is 1. The van der Waals surface area contributed by atoms with E-state index < -0.39 is 18.0 Å². The van der Waals surface area contributed by atoms with E-state index in [0.29, 0.717) is 5.69 Å². The minimum atomic E-state index is -1.07. The number of benzene rings is 1. The molecule has 0 radical (unpaired) electrons. The highest BCUT2D eigenvalue weighted by molar-refractivity contribution is 14.1. The molecule has 3 N–H and O–H groups in total. The zero-order chi connectivity index (χ0) is 12.1. The van der Waals surface area contributed by atoms with Crippen LogP contribution in [0.3, 0.4) is 0 Å². The van der Waals surface area contributed by atoms with E-state index in [-0.39, 0.29) is 0 Å². The molecule has 0 aliphatic heterocycles. The fourth-order valence-corrected chi connectivity index (χ4v) is 1.53. The van der Waals surface area contributed by atoms with E-state index in [1.54, 1.807) is 18.2 Å². The number of anilines is 1. The number of hydrogen-bond donors (Lipinski definition) is 3. The van der Waals surface area contributed by atoms with Crippen LogP contribution < -0.4 is 10.6 Å². The molecular weight excluding hydrogens is 323 g/mol. The van der Waals surface area contributed by atoms with Crippen LogP contribution in [0.2, 0.25) is 0 Å². The number of nitrogens with one attached hydrogen (secondary N) is 2. The molecule has 5 nitrogen and oxygen atoms in total. The Morgan fingerprint density at radius 3 is 2.69 bits per heavy atom. The van der Waals surface area contributed by atoms with Crippen LogP contribution in [0.4, 0.5) is 10.5 Å². The molecule has 1 aromatic carbocycles. The van der Waals surface area contributed by atoms with Crippen molar-refractivity contribution in [3.8, 4) is 0 Å². The second-order valence-corrected chi connectivity index (χ2v) is 4.41. The van der Waals surface area contributed by atoms with E-state index in [2.05, 4.69) is 33.2 Å². The van der Waals surface area contributed by atoms with Crippen LogP contribution in [0.15, 0.2) is 24.3 Å². The summed E-state index contributed by atoms with van der Waals surface area (Å²) in [7, 11) is 0. The Bertz CT molecular complexity index is 409. The predicted octanol–water partition coefficient (Wildman–Crippen LogP) is 1.89. The Morgan fingerprint density at radius 2 is 2.12 bits per heavy atom. The molecule has 2 amide bonds. The van der Waals surface area contributed by atoms with E-state index in [1.807, 2.05) is 6.07 Å². The molecule has 0 saturated heterocycles. The number of carbonyl (C=O) groups is 2. The Labute approximate surface area is 106 Å². The zero-order valence-electron chi connectivity index (χ0n) is 8.53. The number of halogens is 1. The number of carboxylic acid groups (broad SMARTS) is 1. The van der Waals surface area contributed by atoms with Crippen molar-refractivity contribution in [1.82, 2.24) is 5.32 Å². The predicted molar refractivity (Wildman–Crippen MR) is 68.4 cm³/mol. The van der Waals surface area contributed by atoms with Gasteiger partial charge in [-0.15, -0.1) is 0 Å². The first-order valence-corrected chi connectivity index (χ1v) is 5.63. The van der Waals surface area contributed by atoms with Crippen molar-refractivity contribution in [2.45, 2.75) is 13.0 Å². The number of carboxylic acids is 1. The van der Waals surface area contributed by atoms with E-state index in [1.165, 1.54) is 6.92 Å². The largest absolute Gasteiger partial charge is 0.480 e. The third-order valence-corrected chi connectivity index (χ3v) is 2.47. The van der Waals surface area contributed by atoms with Crippen LogP contribution >= 0.6 is 22.6 Å². The first-order valence-electron chi connectivity index (χ1n) is 4.55. The highest BCUT2D eigenvalue weighted by Crippen LogP contribution is 2.11. The highest BCUT2D eigenvalue weighted by atomic mass is 127. The van der Waals surface area contributed by atoms with Gasteiger partial charge in [-0.05, 0) is 47.7 Å². The molecule has 0 saturated carbocycles. The monoisotopic (exact) mass is 334 g/mol. The van der Waals surface area contributed by atoms with Crippen LogP contribution in [-0.2, 0) is 4.79 Å². The van der Waals surface area contributed by atoms with Crippen LogP contribution in [0.5, 0.6) is 0 Å². The summed E-state index contributed by atoms with van der Waals surface area (Å²) in [6, 6.07) is 5.76. The Hall–Kier alpha value is -1.31. The lowest BCUT2D eigenvalue weighted by Crippen LogP contribution is -2.40. The van der Waals surface area contributed by atoms with Crippen LogP contribution in [0, 0.1) is 3.57 Å². The van der Waals surface area contributed by atoms with Crippen LogP contribution in [0.1, 0.15) is 6.92 Å². The molecule has 86 valence electrons. The zero-order valence-corrected chi connectivity index (χ0v) is 10.7. The number of carbonyl (C=O) groups excluding carboxylic acids is 1. The Kier molecular flexibility index (Phi) is 4.53. The standard InChI is InChI=1S/C10H11IN2O3/c1-6(9(14)15)12-10(16)13-8-4-2-3-7(11)5-8/h2-6H,1H3,(H,14,15)(H2,12,13,16)/t6-/m0/s1. The van der Waals surface area contributed by atoms with Crippen molar-refractivity contribution in [3.63, 3.8) is 0 Å². The second-order valence-electron chi connectivity index (χ2n) is 3.17. The van der Waals surface area contributed by atoms with E-state index in [4.69, 9.17) is 5.11 Å². The van der Waals surface area contributed by atoms with E-state index in [0.717, 1.165) is 3.57 Å². The average molecular weight is 334 g/mol. The lowest BCUT2D eigenvalue weighted by atomic mass is 10.3. The molecule has 0 aromatic heterocycles. The number of hydrogen-bond acceptors (Lipinski definition) is 2. The highest BCUT2D eigenvalue weighted by Gasteiger charge is 2.13. The van der Waals surface area contributed by atoms with Gasteiger partial charge in [0.05, 0.1) is 0 Å². The summed E-state index contributed by atoms with van der Waals surface area (Å²) in [6.07, 6.45) is 0. The third kappa shape index (κ3) is 4.05. The molecule has 6 heteroatoms. The van der Waals surface area contributed by atoms with Crippen molar-refractivity contribution < 1.29 is 14.7 Å². The number of urea groups is 1. The Morgan fingerprint density at radius 1 is 1.44 bits per heavy atom. The van der Waals surface area contributed by atoms with E-state index in [9.17, 15) is 9.59 Å². The first kappa shape index (κ1) is 12.8. The third-order valence-electron chi connectivity index (χ3n) is 1.80. The molecule has 1 rings (SSSR count). The molecule has 0 fully saturated rings. The summed E-state index contributed by atoms with van der Waals surface area (Å²) in [5, 5.41) is 13.4. The Balaban J connectivity index is 2.55. The summed E-state index contributed by atoms with van der Waals surface area (Å²) in [5.41, 5.74) is 0.627. The normalized spacial score (nSPS) is 11.6. The first-order chi connectivity index (χ1) is 7.49. The number of amides is 2. The van der Waals surface area contributed by atoms with Gasteiger partial charge < -0.3 is 15.7 Å². The molecule has 0 unspecified atom stereocenters. The maximum Gasteiger partial charge on any atom is 0.325 e. The van der Waals surface area contributed by atoms with Gasteiger partial charge in [-0.1, -0.05) is 6.07 Å². The molecular formula is C10H11IN2O3. The minimum absolute atomic E-state index is 0.531. The summed E-state index contributed by atoms with van der Waals surface area (Å²) < 4.78 is 0.988. The molecule has 0 aliphatic carbocycles. The molecule has 1 aromatic rings. The van der Waals surface area contributed by atoms with Gasteiger partial charge in [0.25, 0.3) is 0 Å². The summed E-state index contributed by atoms with van der Waals surface area (Å²) in [5.74, 6) is -1.07. The fourth-order valence-electron chi connectivity index (χ4n) is 0.992.